The van der Waals surface area contributed by atoms with Crippen molar-refractivity contribution in [2.75, 3.05) is 19.4 Å². The Labute approximate surface area is 220 Å². The number of ether oxygens (including phenoxy) is 1. The second-order valence-corrected chi connectivity index (χ2v) is 8.41. The molecule has 2 amide bonds. The molecule has 0 atom stereocenters. The van der Waals surface area contributed by atoms with E-state index < -0.39 is 23.5 Å². The minimum atomic E-state index is -4.89. The lowest BCUT2D eigenvalue weighted by Gasteiger charge is -2.10. The van der Waals surface area contributed by atoms with Crippen molar-refractivity contribution in [3.8, 4) is 23.0 Å². The Bertz CT molecular complexity index is 1550. The van der Waals surface area contributed by atoms with Crippen LogP contribution in [0.1, 0.15) is 21.6 Å². The summed E-state index contributed by atoms with van der Waals surface area (Å²) in [6.07, 6.45) is 0.630. The summed E-state index contributed by atoms with van der Waals surface area (Å²) in [6, 6.07) is 12.2. The fraction of sp³-hybridized carbons (Fsp3) is 0.111. The van der Waals surface area contributed by atoms with Crippen molar-refractivity contribution < 1.29 is 31.9 Å². The second kappa shape index (κ2) is 11.2. The predicted molar refractivity (Wildman–Crippen MR) is 135 cm³/mol. The van der Waals surface area contributed by atoms with Gasteiger partial charge in [-0.3, -0.25) is 14.6 Å². The SMILES string of the molecule is CN(C)C(=O)c1cnc(-c2cc(Oc3cccc(/C=C/C(=O)Nc4ccc(F)c(C(F)(F)F)c4)c3)ccn2)[nH]1. The van der Waals surface area contributed by atoms with Gasteiger partial charge in [0.1, 0.15) is 28.7 Å². The van der Waals surface area contributed by atoms with E-state index in [9.17, 15) is 27.2 Å². The fourth-order valence-corrected chi connectivity index (χ4v) is 3.40. The molecule has 200 valence electrons. The maximum Gasteiger partial charge on any atom is 0.419 e. The van der Waals surface area contributed by atoms with E-state index in [1.54, 1.807) is 50.5 Å². The number of amides is 2. The second-order valence-electron chi connectivity index (χ2n) is 8.41. The highest BCUT2D eigenvalue weighted by atomic mass is 19.4. The molecule has 0 aliphatic rings. The minimum absolute atomic E-state index is 0.196. The van der Waals surface area contributed by atoms with Gasteiger partial charge in [0.05, 0.1) is 11.8 Å². The van der Waals surface area contributed by atoms with E-state index in [0.717, 1.165) is 12.1 Å². The lowest BCUT2D eigenvalue weighted by atomic mass is 10.1. The quantitative estimate of drug-likeness (QED) is 0.229. The summed E-state index contributed by atoms with van der Waals surface area (Å²) < 4.78 is 58.0. The van der Waals surface area contributed by atoms with Gasteiger partial charge in [0, 0.05) is 38.1 Å². The van der Waals surface area contributed by atoms with E-state index in [1.165, 1.54) is 23.4 Å². The maximum atomic E-state index is 13.5. The summed E-state index contributed by atoms with van der Waals surface area (Å²) in [6.45, 7) is 0. The largest absolute Gasteiger partial charge is 0.457 e. The number of rotatable bonds is 7. The number of halogens is 4. The van der Waals surface area contributed by atoms with Crippen LogP contribution in [0.25, 0.3) is 17.6 Å². The molecular weight excluding hydrogens is 518 g/mol. The lowest BCUT2D eigenvalue weighted by Crippen LogP contribution is -2.21. The number of carbonyl (C=O) groups excluding carboxylic acids is 2. The molecule has 4 aromatic rings. The molecule has 0 aliphatic carbocycles. The molecule has 0 saturated heterocycles. The first kappa shape index (κ1) is 27.0. The molecule has 8 nitrogen and oxygen atoms in total. The Morgan fingerprint density at radius 1 is 1.03 bits per heavy atom. The number of aromatic amines is 1. The van der Waals surface area contributed by atoms with E-state index in [0.29, 0.717) is 46.4 Å². The van der Waals surface area contributed by atoms with Gasteiger partial charge < -0.3 is 19.9 Å². The number of pyridine rings is 1. The summed E-state index contributed by atoms with van der Waals surface area (Å²) in [4.78, 5) is 37.1. The van der Waals surface area contributed by atoms with Gasteiger partial charge in [0.2, 0.25) is 5.91 Å². The highest BCUT2D eigenvalue weighted by Crippen LogP contribution is 2.33. The van der Waals surface area contributed by atoms with Gasteiger partial charge >= 0.3 is 6.18 Å². The number of aromatic nitrogens is 3. The first-order valence-electron chi connectivity index (χ1n) is 11.4. The number of hydrogen-bond donors (Lipinski definition) is 2. The van der Waals surface area contributed by atoms with Crippen LogP contribution in [0.3, 0.4) is 0 Å². The van der Waals surface area contributed by atoms with Crippen LogP contribution < -0.4 is 10.1 Å². The zero-order valence-corrected chi connectivity index (χ0v) is 20.6. The number of anilines is 1. The predicted octanol–water partition coefficient (Wildman–Crippen LogP) is 5.78. The number of carbonyl (C=O) groups is 2. The van der Waals surface area contributed by atoms with Crippen molar-refractivity contribution in [3.63, 3.8) is 0 Å². The number of H-pyrrole nitrogens is 1. The van der Waals surface area contributed by atoms with Crippen LogP contribution >= 0.6 is 0 Å². The maximum absolute atomic E-state index is 13.5. The summed E-state index contributed by atoms with van der Waals surface area (Å²) >= 11 is 0. The van der Waals surface area contributed by atoms with Crippen molar-refractivity contribution in [1.82, 2.24) is 19.9 Å². The third-order valence-corrected chi connectivity index (χ3v) is 5.25. The molecule has 2 aromatic heterocycles. The van der Waals surface area contributed by atoms with Crippen molar-refractivity contribution in [3.05, 3.63) is 95.7 Å². The molecule has 39 heavy (non-hydrogen) atoms. The fourth-order valence-electron chi connectivity index (χ4n) is 3.40. The van der Waals surface area contributed by atoms with E-state index in [2.05, 4.69) is 20.3 Å². The molecule has 0 unspecified atom stereocenters. The minimum Gasteiger partial charge on any atom is -0.457 e. The Hall–Kier alpha value is -5.00. The van der Waals surface area contributed by atoms with E-state index >= 15 is 0 Å². The van der Waals surface area contributed by atoms with Crippen LogP contribution in [0.4, 0.5) is 23.2 Å². The van der Waals surface area contributed by atoms with Crippen LogP contribution in [0.5, 0.6) is 11.5 Å². The Kier molecular flexibility index (Phi) is 7.75. The van der Waals surface area contributed by atoms with E-state index in [4.69, 9.17) is 4.74 Å². The Balaban J connectivity index is 1.43. The van der Waals surface area contributed by atoms with Crippen LogP contribution in [0.15, 0.2) is 73.1 Å². The number of nitrogens with one attached hydrogen (secondary N) is 2. The van der Waals surface area contributed by atoms with Crippen LogP contribution in [0, 0.1) is 5.82 Å². The summed E-state index contributed by atoms with van der Waals surface area (Å²) in [5.41, 5.74) is -0.328. The first-order chi connectivity index (χ1) is 18.5. The first-order valence-corrected chi connectivity index (χ1v) is 11.4. The molecule has 4 rings (SSSR count). The number of alkyl halides is 3. The molecule has 2 aromatic carbocycles. The molecule has 0 aliphatic heterocycles. The smallest absolute Gasteiger partial charge is 0.419 e. The average Bonchev–Trinajstić information content (AvgIpc) is 3.38. The average molecular weight is 539 g/mol. The number of benzene rings is 2. The van der Waals surface area contributed by atoms with Crippen molar-refractivity contribution in [1.29, 1.82) is 0 Å². The van der Waals surface area contributed by atoms with Crippen LogP contribution in [0.2, 0.25) is 0 Å². The molecular formula is C27H21F4N5O3. The molecule has 0 radical (unpaired) electrons. The third-order valence-electron chi connectivity index (χ3n) is 5.25. The highest BCUT2D eigenvalue weighted by molar-refractivity contribution is 6.02. The molecule has 2 N–H and O–H groups in total. The van der Waals surface area contributed by atoms with Crippen molar-refractivity contribution >= 4 is 23.6 Å². The van der Waals surface area contributed by atoms with Gasteiger partial charge in [0.15, 0.2) is 5.82 Å². The molecule has 12 heteroatoms. The zero-order chi connectivity index (χ0) is 28.2. The monoisotopic (exact) mass is 539 g/mol. The summed E-state index contributed by atoms with van der Waals surface area (Å²) in [5, 5.41) is 2.28. The van der Waals surface area contributed by atoms with Gasteiger partial charge in [-0.1, -0.05) is 12.1 Å². The van der Waals surface area contributed by atoms with Gasteiger partial charge in [-0.05, 0) is 48.0 Å². The van der Waals surface area contributed by atoms with E-state index in [1.807, 2.05) is 0 Å². The normalized spacial score (nSPS) is 11.4. The third kappa shape index (κ3) is 6.86. The summed E-state index contributed by atoms with van der Waals surface area (Å²) in [5.74, 6) is -1.10. The van der Waals surface area contributed by atoms with Gasteiger partial charge in [0.25, 0.3) is 5.91 Å². The molecule has 0 fully saturated rings. The Morgan fingerprint density at radius 3 is 2.54 bits per heavy atom. The van der Waals surface area contributed by atoms with Crippen molar-refractivity contribution in [2.24, 2.45) is 0 Å². The number of nitrogens with zero attached hydrogens (tertiary/aromatic N) is 3. The standard InChI is InChI=1S/C27H21F4N5O3/c1-36(2)26(38)23-15-33-25(35-23)22-14-19(10-11-32-22)39-18-5-3-4-16(12-18)6-9-24(37)34-17-7-8-21(28)20(13-17)27(29,30)31/h3-15H,1-2H3,(H,33,35)(H,34,37)/b9-6+. The number of imidazole rings is 1. The summed E-state index contributed by atoms with van der Waals surface area (Å²) in [7, 11) is 3.26. The molecule has 0 saturated carbocycles. The number of hydrogen-bond acceptors (Lipinski definition) is 5. The van der Waals surface area contributed by atoms with Crippen LogP contribution in [-0.4, -0.2) is 45.8 Å². The van der Waals surface area contributed by atoms with Crippen molar-refractivity contribution in [2.45, 2.75) is 6.18 Å². The van der Waals surface area contributed by atoms with Gasteiger partial charge in [-0.15, -0.1) is 0 Å². The van der Waals surface area contributed by atoms with Crippen LogP contribution in [-0.2, 0) is 11.0 Å². The Morgan fingerprint density at radius 2 is 1.79 bits per heavy atom. The highest BCUT2D eigenvalue weighted by Gasteiger charge is 2.34. The van der Waals surface area contributed by atoms with E-state index in [-0.39, 0.29) is 11.6 Å². The van der Waals surface area contributed by atoms with Gasteiger partial charge in [-0.25, -0.2) is 9.37 Å². The van der Waals surface area contributed by atoms with Gasteiger partial charge in [-0.2, -0.15) is 13.2 Å². The molecule has 0 spiro atoms. The lowest BCUT2D eigenvalue weighted by molar-refractivity contribution is -0.140. The topological polar surface area (TPSA) is 100 Å². The zero-order valence-electron chi connectivity index (χ0n) is 20.6. The molecule has 0 bridgehead atoms. The molecule has 2 heterocycles.